The molecule has 3 atom stereocenters. The van der Waals surface area contributed by atoms with Gasteiger partial charge in [-0.1, -0.05) is 36.4 Å². The molecule has 3 aromatic rings. The lowest BCUT2D eigenvalue weighted by atomic mass is 10.0. The molecule has 2 aliphatic heterocycles. The standard InChI is InChI=1S/C37H47N7O5/c1-41(2)23-34(45)40-32-16-10-18-43(5)35(46)26-12-8-11-25(19-26)31-15-6-7-17-33(31)49-24-30-21-28(22-44(30)36(32)47)39-37(48)38-27-13-9-14-29(20-27)42(3)4/h6-9,11-15,17,19-20,28,30,32H,10,16,18,21-24H2,1-5H3,(H,40,45)(H2,38,39,48)/t28-,30-,32-/m0/s1. The van der Waals surface area contributed by atoms with E-state index in [2.05, 4.69) is 16.0 Å². The van der Waals surface area contributed by atoms with E-state index in [9.17, 15) is 19.2 Å². The molecule has 5 amide bonds. The minimum Gasteiger partial charge on any atom is -0.491 e. The van der Waals surface area contributed by atoms with Crippen LogP contribution in [0.5, 0.6) is 5.75 Å². The minimum atomic E-state index is -0.816. The van der Waals surface area contributed by atoms with Crippen LogP contribution in [-0.4, -0.2) is 118 Å². The maximum atomic E-state index is 14.3. The fourth-order valence-electron chi connectivity index (χ4n) is 6.34. The van der Waals surface area contributed by atoms with Gasteiger partial charge in [0.15, 0.2) is 0 Å². The molecule has 260 valence electrons. The Morgan fingerprint density at radius 2 is 1.67 bits per heavy atom. The molecule has 2 aliphatic rings. The van der Waals surface area contributed by atoms with Crippen LogP contribution in [0.3, 0.4) is 0 Å². The summed E-state index contributed by atoms with van der Waals surface area (Å²) >= 11 is 0. The van der Waals surface area contributed by atoms with E-state index >= 15 is 0 Å². The van der Waals surface area contributed by atoms with Crippen LogP contribution in [0.1, 0.15) is 29.6 Å². The van der Waals surface area contributed by atoms with E-state index in [0.717, 1.165) is 16.8 Å². The molecule has 2 heterocycles. The van der Waals surface area contributed by atoms with Gasteiger partial charge in [0.05, 0.1) is 18.6 Å². The minimum absolute atomic E-state index is 0.126. The zero-order chi connectivity index (χ0) is 35.1. The van der Waals surface area contributed by atoms with Crippen LogP contribution >= 0.6 is 0 Å². The van der Waals surface area contributed by atoms with Crippen LogP contribution in [-0.2, 0) is 9.59 Å². The van der Waals surface area contributed by atoms with Gasteiger partial charge in [0, 0.05) is 56.7 Å². The van der Waals surface area contributed by atoms with Gasteiger partial charge >= 0.3 is 6.03 Å². The van der Waals surface area contributed by atoms with E-state index in [-0.39, 0.29) is 55.5 Å². The number of carbonyl (C=O) groups excluding carboxylic acids is 4. The van der Waals surface area contributed by atoms with Crippen molar-refractivity contribution in [2.45, 2.75) is 37.4 Å². The Morgan fingerprint density at radius 3 is 2.45 bits per heavy atom. The zero-order valence-electron chi connectivity index (χ0n) is 28.9. The summed E-state index contributed by atoms with van der Waals surface area (Å²) in [5.74, 6) is -0.0320. The summed E-state index contributed by atoms with van der Waals surface area (Å²) in [6.07, 6.45) is 1.29. The number of carbonyl (C=O) groups is 4. The van der Waals surface area contributed by atoms with Gasteiger partial charge in [-0.15, -0.1) is 0 Å². The predicted molar refractivity (Wildman–Crippen MR) is 191 cm³/mol. The third-order valence-corrected chi connectivity index (χ3v) is 8.82. The van der Waals surface area contributed by atoms with Crippen molar-refractivity contribution in [1.29, 1.82) is 0 Å². The van der Waals surface area contributed by atoms with Crippen molar-refractivity contribution in [2.75, 3.05) is 71.7 Å². The maximum Gasteiger partial charge on any atom is 0.319 e. The number of likely N-dealkylation sites (N-methyl/N-ethyl adjacent to an activating group) is 1. The van der Waals surface area contributed by atoms with Gasteiger partial charge in [0.2, 0.25) is 11.8 Å². The molecule has 0 radical (unpaired) electrons. The van der Waals surface area contributed by atoms with E-state index in [1.807, 2.05) is 85.7 Å². The van der Waals surface area contributed by atoms with E-state index in [4.69, 9.17) is 4.74 Å². The Morgan fingerprint density at radius 1 is 0.918 bits per heavy atom. The third-order valence-electron chi connectivity index (χ3n) is 8.82. The Hall–Kier alpha value is -5.10. The number of urea groups is 1. The number of ether oxygens (including phenoxy) is 1. The second-order valence-corrected chi connectivity index (χ2v) is 13.2. The van der Waals surface area contributed by atoms with Gasteiger partial charge in [0.1, 0.15) is 18.4 Å². The summed E-state index contributed by atoms with van der Waals surface area (Å²) < 4.78 is 6.43. The molecule has 5 rings (SSSR count). The molecule has 3 aromatic carbocycles. The molecule has 1 saturated heterocycles. The number of fused-ring (bicyclic) bond motifs is 5. The molecule has 12 nitrogen and oxygen atoms in total. The van der Waals surface area contributed by atoms with Crippen LogP contribution in [0.4, 0.5) is 16.2 Å². The Bertz CT molecular complexity index is 1660. The average molecular weight is 670 g/mol. The fourth-order valence-corrected chi connectivity index (χ4v) is 6.34. The van der Waals surface area contributed by atoms with Crippen LogP contribution in [0.15, 0.2) is 72.8 Å². The monoisotopic (exact) mass is 669 g/mol. The first-order chi connectivity index (χ1) is 23.5. The summed E-state index contributed by atoms with van der Waals surface area (Å²) in [5, 5.41) is 8.91. The largest absolute Gasteiger partial charge is 0.491 e. The highest BCUT2D eigenvalue weighted by Crippen LogP contribution is 2.32. The molecular formula is C37H47N7O5. The fraction of sp³-hybridized carbons (Fsp3) is 0.405. The van der Waals surface area contributed by atoms with Crippen LogP contribution in [0.2, 0.25) is 0 Å². The Labute approximate surface area is 288 Å². The Kier molecular flexibility index (Phi) is 11.4. The lowest BCUT2D eigenvalue weighted by molar-refractivity contribution is -0.138. The molecule has 3 N–H and O–H groups in total. The van der Waals surface area contributed by atoms with Crippen molar-refractivity contribution in [1.82, 2.24) is 25.3 Å². The van der Waals surface area contributed by atoms with Gasteiger partial charge in [-0.3, -0.25) is 14.4 Å². The van der Waals surface area contributed by atoms with Gasteiger partial charge in [-0.2, -0.15) is 0 Å². The number of hydrogen-bond donors (Lipinski definition) is 3. The molecule has 0 saturated carbocycles. The van der Waals surface area contributed by atoms with Gasteiger partial charge in [0.25, 0.3) is 5.91 Å². The molecular weight excluding hydrogens is 622 g/mol. The summed E-state index contributed by atoms with van der Waals surface area (Å²) in [4.78, 5) is 60.9. The highest BCUT2D eigenvalue weighted by Gasteiger charge is 2.39. The van der Waals surface area contributed by atoms with Gasteiger partial charge in [-0.05, 0) is 75.3 Å². The van der Waals surface area contributed by atoms with E-state index < -0.39 is 6.04 Å². The number of nitrogens with one attached hydrogen (secondary N) is 3. The third kappa shape index (κ3) is 9.08. The molecule has 0 aliphatic carbocycles. The highest BCUT2D eigenvalue weighted by atomic mass is 16.5. The van der Waals surface area contributed by atoms with Crippen LogP contribution in [0.25, 0.3) is 11.1 Å². The number of anilines is 2. The van der Waals surface area contributed by atoms with Crippen molar-refractivity contribution in [2.24, 2.45) is 0 Å². The molecule has 0 unspecified atom stereocenters. The first-order valence-electron chi connectivity index (χ1n) is 16.7. The Balaban J connectivity index is 1.42. The van der Waals surface area contributed by atoms with Crippen molar-refractivity contribution in [3.63, 3.8) is 0 Å². The van der Waals surface area contributed by atoms with Crippen molar-refractivity contribution < 1.29 is 23.9 Å². The summed E-state index contributed by atoms with van der Waals surface area (Å²) in [5.41, 5.74) is 3.83. The second kappa shape index (κ2) is 15.9. The van der Waals surface area contributed by atoms with Crippen molar-refractivity contribution >= 4 is 35.1 Å². The van der Waals surface area contributed by atoms with E-state index in [0.29, 0.717) is 42.8 Å². The maximum absolute atomic E-state index is 14.3. The summed E-state index contributed by atoms with van der Waals surface area (Å²) in [7, 11) is 9.19. The molecule has 0 aromatic heterocycles. The van der Waals surface area contributed by atoms with Crippen LogP contribution < -0.4 is 25.6 Å². The summed E-state index contributed by atoms with van der Waals surface area (Å²) in [6, 6.07) is 20.7. The van der Waals surface area contributed by atoms with Crippen molar-refractivity contribution in [3.05, 3.63) is 78.4 Å². The zero-order valence-corrected chi connectivity index (χ0v) is 28.9. The predicted octanol–water partition coefficient (Wildman–Crippen LogP) is 3.50. The number of amides is 5. The van der Waals surface area contributed by atoms with Gasteiger partial charge in [-0.25, -0.2) is 4.79 Å². The SMILES string of the molecule is CN(C)CC(=O)N[C@H]1CCCN(C)C(=O)c2cccc(c2)-c2ccccc2OC[C@@H]2C[C@H](NC(=O)Nc3cccc(N(C)C)c3)CN2C1=O. The number of para-hydroxylation sites is 1. The topological polar surface area (TPSA) is 127 Å². The van der Waals surface area contributed by atoms with E-state index in [1.54, 1.807) is 41.9 Å². The van der Waals surface area contributed by atoms with Crippen LogP contribution in [0, 0.1) is 0 Å². The lowest BCUT2D eigenvalue weighted by Gasteiger charge is -2.30. The molecule has 0 spiro atoms. The van der Waals surface area contributed by atoms with Crippen molar-refractivity contribution in [3.8, 4) is 16.9 Å². The van der Waals surface area contributed by atoms with E-state index in [1.165, 1.54) is 0 Å². The molecule has 49 heavy (non-hydrogen) atoms. The first kappa shape index (κ1) is 35.2. The second-order valence-electron chi connectivity index (χ2n) is 13.2. The smallest absolute Gasteiger partial charge is 0.319 e. The first-order valence-corrected chi connectivity index (χ1v) is 16.7. The summed E-state index contributed by atoms with van der Waals surface area (Å²) in [6.45, 7) is 0.952. The number of rotatable bonds is 6. The molecule has 1 fully saturated rings. The highest BCUT2D eigenvalue weighted by molar-refractivity contribution is 5.95. The lowest BCUT2D eigenvalue weighted by Crippen LogP contribution is -2.53. The normalized spacial score (nSPS) is 19.8. The quantitative estimate of drug-likeness (QED) is 0.367. The number of benzene rings is 3. The molecule has 2 bridgehead atoms. The number of hydrogen-bond acceptors (Lipinski definition) is 7. The average Bonchev–Trinajstić information content (AvgIpc) is 3.47. The van der Waals surface area contributed by atoms with Gasteiger partial charge < -0.3 is 40.3 Å². The number of nitrogens with zero attached hydrogens (tertiary/aromatic N) is 4. The molecule has 12 heteroatoms.